The molecule has 0 aromatic heterocycles. The number of amides is 2. The fourth-order valence-electron chi connectivity index (χ4n) is 2.49. The molecule has 5 heteroatoms. The number of aliphatic hydroxyl groups is 1. The molecule has 0 aliphatic carbocycles. The van der Waals surface area contributed by atoms with Gasteiger partial charge in [0.2, 0.25) is 0 Å². The molecule has 0 radical (unpaired) electrons. The highest BCUT2D eigenvalue weighted by atomic mass is 16.5. The number of anilines is 1. The maximum atomic E-state index is 11.6. The Balaban J connectivity index is 2.28. The third kappa shape index (κ3) is 4.06. The molecule has 0 saturated carbocycles. The van der Waals surface area contributed by atoms with Crippen LogP contribution in [-0.4, -0.2) is 18.2 Å². The van der Waals surface area contributed by atoms with Crippen LogP contribution < -0.4 is 15.4 Å². The largest absolute Gasteiger partial charge is 0.489 e. The van der Waals surface area contributed by atoms with Gasteiger partial charge in [0, 0.05) is 18.3 Å². The van der Waals surface area contributed by atoms with Crippen LogP contribution in [0.2, 0.25) is 0 Å². The lowest BCUT2D eigenvalue weighted by molar-refractivity contribution is 0.253. The average Bonchev–Trinajstić information content (AvgIpc) is 2.57. The van der Waals surface area contributed by atoms with Gasteiger partial charge < -0.3 is 20.5 Å². The van der Waals surface area contributed by atoms with Crippen LogP contribution in [0.5, 0.6) is 5.75 Å². The van der Waals surface area contributed by atoms with Gasteiger partial charge in [0.05, 0.1) is 6.61 Å². The minimum atomic E-state index is -0.311. The summed E-state index contributed by atoms with van der Waals surface area (Å²) in [6.45, 7) is 6.26. The quantitative estimate of drug-likeness (QED) is 0.787. The lowest BCUT2D eigenvalue weighted by Crippen LogP contribution is -2.25. The molecular weight excluding hydrogens is 304 g/mol. The lowest BCUT2D eigenvalue weighted by Gasteiger charge is -2.17. The van der Waals surface area contributed by atoms with Gasteiger partial charge >= 0.3 is 6.03 Å². The molecule has 2 amide bonds. The number of ether oxygens (including phenoxy) is 1. The van der Waals surface area contributed by atoms with Gasteiger partial charge in [0.25, 0.3) is 0 Å². The van der Waals surface area contributed by atoms with Crippen LogP contribution in [0.4, 0.5) is 10.5 Å². The van der Waals surface area contributed by atoms with Crippen LogP contribution >= 0.6 is 0 Å². The van der Waals surface area contributed by atoms with Crippen LogP contribution in [0.3, 0.4) is 0 Å². The van der Waals surface area contributed by atoms with Crippen molar-refractivity contribution in [1.82, 2.24) is 5.32 Å². The van der Waals surface area contributed by atoms with Crippen molar-refractivity contribution in [2.45, 2.75) is 34.0 Å². The summed E-state index contributed by atoms with van der Waals surface area (Å²) in [5.74, 6) is 0.803. The number of rotatable bonds is 5. The zero-order chi connectivity index (χ0) is 17.7. The normalized spacial score (nSPS) is 10.4. The molecule has 2 aromatic carbocycles. The van der Waals surface area contributed by atoms with E-state index in [1.807, 2.05) is 26.0 Å². The molecule has 5 nitrogen and oxygen atoms in total. The van der Waals surface area contributed by atoms with Crippen LogP contribution in [0.1, 0.15) is 27.8 Å². The third-order valence-corrected chi connectivity index (χ3v) is 4.08. The smallest absolute Gasteiger partial charge is 0.318 e. The van der Waals surface area contributed by atoms with E-state index in [0.717, 1.165) is 28.0 Å². The number of hydrogen-bond donors (Lipinski definition) is 3. The Morgan fingerprint density at radius 1 is 1.12 bits per heavy atom. The summed E-state index contributed by atoms with van der Waals surface area (Å²) in [5.41, 5.74) is 5.56. The van der Waals surface area contributed by atoms with E-state index in [1.165, 1.54) is 5.56 Å². The van der Waals surface area contributed by atoms with Crippen LogP contribution in [0.15, 0.2) is 30.3 Å². The zero-order valence-corrected chi connectivity index (χ0v) is 14.6. The van der Waals surface area contributed by atoms with E-state index in [0.29, 0.717) is 5.69 Å². The second-order valence-electron chi connectivity index (χ2n) is 5.80. The van der Waals surface area contributed by atoms with Gasteiger partial charge in [0.1, 0.15) is 12.4 Å². The first kappa shape index (κ1) is 17.8. The van der Waals surface area contributed by atoms with E-state index in [9.17, 15) is 9.90 Å². The second-order valence-corrected chi connectivity index (χ2v) is 5.80. The molecule has 24 heavy (non-hydrogen) atoms. The topological polar surface area (TPSA) is 70.6 Å². The third-order valence-electron chi connectivity index (χ3n) is 4.08. The molecule has 3 N–H and O–H groups in total. The predicted octanol–water partition coefficient (Wildman–Crippen LogP) is 3.43. The van der Waals surface area contributed by atoms with Crippen LogP contribution in [0.25, 0.3) is 0 Å². The van der Waals surface area contributed by atoms with E-state index in [-0.39, 0.29) is 19.2 Å². The standard InChI is InChI=1S/C19H24N2O3/c1-12-8-14(3)18(9-13(12)2)24-11-16-15(10-22)6-5-7-17(16)21-19(23)20-4/h5-9,22H,10-11H2,1-4H3,(H2,20,21,23). The Morgan fingerprint density at radius 2 is 1.83 bits per heavy atom. The number of nitrogens with one attached hydrogen (secondary N) is 2. The highest BCUT2D eigenvalue weighted by molar-refractivity contribution is 5.90. The van der Waals surface area contributed by atoms with Crippen LogP contribution in [0, 0.1) is 20.8 Å². The molecule has 0 unspecified atom stereocenters. The fraction of sp³-hybridized carbons (Fsp3) is 0.316. The van der Waals surface area contributed by atoms with E-state index < -0.39 is 0 Å². The number of hydrogen-bond acceptors (Lipinski definition) is 3. The molecular formula is C19H24N2O3. The van der Waals surface area contributed by atoms with Crippen molar-refractivity contribution in [2.75, 3.05) is 12.4 Å². The minimum absolute atomic E-state index is 0.117. The molecule has 0 atom stereocenters. The summed E-state index contributed by atoms with van der Waals surface area (Å²) in [7, 11) is 1.56. The summed E-state index contributed by atoms with van der Waals surface area (Å²) >= 11 is 0. The Labute approximate surface area is 142 Å². The second kappa shape index (κ2) is 7.84. The van der Waals surface area contributed by atoms with Gasteiger partial charge in [-0.3, -0.25) is 0 Å². The maximum absolute atomic E-state index is 11.6. The summed E-state index contributed by atoms with van der Waals surface area (Å²) < 4.78 is 5.97. The van der Waals surface area contributed by atoms with E-state index in [1.54, 1.807) is 19.2 Å². The molecule has 0 fully saturated rings. The highest BCUT2D eigenvalue weighted by Gasteiger charge is 2.12. The number of urea groups is 1. The maximum Gasteiger partial charge on any atom is 0.318 e. The summed E-state index contributed by atoms with van der Waals surface area (Å²) in [6.07, 6.45) is 0. The van der Waals surface area contributed by atoms with Gasteiger partial charge in [-0.15, -0.1) is 0 Å². The van der Waals surface area contributed by atoms with Crippen molar-refractivity contribution >= 4 is 11.7 Å². The molecule has 0 aliphatic heterocycles. The van der Waals surface area contributed by atoms with Crippen LogP contribution in [-0.2, 0) is 13.2 Å². The Morgan fingerprint density at radius 3 is 2.50 bits per heavy atom. The molecule has 0 heterocycles. The molecule has 2 rings (SSSR count). The van der Waals surface area contributed by atoms with Crippen molar-refractivity contribution < 1.29 is 14.6 Å². The Bertz CT molecular complexity index is 742. The molecule has 0 aliphatic rings. The summed E-state index contributed by atoms with van der Waals surface area (Å²) in [5, 5.41) is 14.9. The molecule has 0 saturated heterocycles. The predicted molar refractivity (Wildman–Crippen MR) is 95.4 cm³/mol. The first-order chi connectivity index (χ1) is 11.5. The number of aliphatic hydroxyl groups excluding tert-OH is 1. The van der Waals surface area contributed by atoms with Gasteiger partial charge in [-0.05, 0) is 55.2 Å². The summed E-state index contributed by atoms with van der Waals surface area (Å²) in [4.78, 5) is 11.6. The van der Waals surface area contributed by atoms with Crippen molar-refractivity contribution in [3.05, 3.63) is 58.1 Å². The molecule has 0 bridgehead atoms. The number of aryl methyl sites for hydroxylation is 3. The van der Waals surface area contributed by atoms with E-state index in [4.69, 9.17) is 4.74 Å². The van der Waals surface area contributed by atoms with E-state index in [2.05, 4.69) is 23.6 Å². The first-order valence-electron chi connectivity index (χ1n) is 7.87. The van der Waals surface area contributed by atoms with Gasteiger partial charge in [-0.2, -0.15) is 0 Å². The molecule has 2 aromatic rings. The lowest BCUT2D eigenvalue weighted by atomic mass is 10.1. The average molecular weight is 328 g/mol. The SMILES string of the molecule is CNC(=O)Nc1cccc(CO)c1COc1cc(C)c(C)cc1C. The number of carbonyl (C=O) groups excluding carboxylic acids is 1. The van der Waals surface area contributed by atoms with E-state index >= 15 is 0 Å². The first-order valence-corrected chi connectivity index (χ1v) is 7.87. The minimum Gasteiger partial charge on any atom is -0.489 e. The Kier molecular flexibility index (Phi) is 5.82. The van der Waals surface area contributed by atoms with Crippen molar-refractivity contribution in [3.8, 4) is 5.75 Å². The highest BCUT2D eigenvalue weighted by Crippen LogP contribution is 2.26. The van der Waals surface area contributed by atoms with Crippen molar-refractivity contribution in [2.24, 2.45) is 0 Å². The van der Waals surface area contributed by atoms with Gasteiger partial charge in [0.15, 0.2) is 0 Å². The number of benzene rings is 2. The van der Waals surface area contributed by atoms with Gasteiger partial charge in [-0.1, -0.05) is 18.2 Å². The molecule has 128 valence electrons. The molecule has 0 spiro atoms. The fourth-order valence-corrected chi connectivity index (χ4v) is 2.49. The van der Waals surface area contributed by atoms with Gasteiger partial charge in [-0.25, -0.2) is 4.79 Å². The number of carbonyl (C=O) groups is 1. The van der Waals surface area contributed by atoms with Crippen molar-refractivity contribution in [1.29, 1.82) is 0 Å². The Hall–Kier alpha value is -2.53. The summed E-state index contributed by atoms with van der Waals surface area (Å²) in [6, 6.07) is 9.20. The zero-order valence-electron chi connectivity index (χ0n) is 14.6. The monoisotopic (exact) mass is 328 g/mol. The van der Waals surface area contributed by atoms with Crippen molar-refractivity contribution in [3.63, 3.8) is 0 Å².